The molecule has 33 heavy (non-hydrogen) atoms. The second kappa shape index (κ2) is 9.13. The molecule has 0 radical (unpaired) electrons. The van der Waals surface area contributed by atoms with Crippen LogP contribution < -0.4 is 11.1 Å². The number of halogens is 1. The zero-order valence-electron chi connectivity index (χ0n) is 17.8. The van der Waals surface area contributed by atoms with Crippen LogP contribution in [-0.4, -0.2) is 37.2 Å². The van der Waals surface area contributed by atoms with E-state index in [0.717, 1.165) is 23.1 Å². The van der Waals surface area contributed by atoms with Crippen molar-refractivity contribution in [1.29, 1.82) is 0 Å². The Morgan fingerprint density at radius 1 is 0.939 bits per heavy atom. The molecule has 0 fully saturated rings. The number of nitrogens with one attached hydrogen (secondary N) is 1. The monoisotopic (exact) mass is 439 g/mol. The average molecular weight is 439 g/mol. The molecule has 0 bridgehead atoms. The summed E-state index contributed by atoms with van der Waals surface area (Å²) in [6.07, 6.45) is 5.77. The summed E-state index contributed by atoms with van der Waals surface area (Å²) in [7, 11) is 0. The molecule has 3 aromatic heterocycles. The normalized spacial score (nSPS) is 12.1. The Morgan fingerprint density at radius 3 is 2.45 bits per heavy atom. The minimum atomic E-state index is -0.305. The van der Waals surface area contributed by atoms with Crippen LogP contribution >= 0.6 is 0 Å². The van der Waals surface area contributed by atoms with Gasteiger partial charge in [0.05, 0.1) is 11.3 Å². The topological polar surface area (TPSA) is 94.0 Å². The third-order valence-corrected chi connectivity index (χ3v) is 5.40. The van der Waals surface area contributed by atoms with Gasteiger partial charge in [-0.25, -0.2) is 9.37 Å². The highest BCUT2D eigenvalue weighted by Gasteiger charge is 2.19. The number of nitrogens with zero attached hydrogens (tertiary/aromatic N) is 5. The first kappa shape index (κ1) is 20.7. The van der Waals surface area contributed by atoms with E-state index in [1.54, 1.807) is 35.3 Å². The summed E-state index contributed by atoms with van der Waals surface area (Å²) < 4.78 is 15.4. The molecule has 0 saturated carbocycles. The highest BCUT2D eigenvalue weighted by molar-refractivity contribution is 5.90. The molecular formula is C25H22FN7. The maximum atomic E-state index is 13.6. The zero-order chi connectivity index (χ0) is 22.6. The van der Waals surface area contributed by atoms with Crippen LogP contribution in [0.5, 0.6) is 0 Å². The van der Waals surface area contributed by atoms with E-state index in [1.165, 1.54) is 17.7 Å². The van der Waals surface area contributed by atoms with Crippen LogP contribution in [0.25, 0.3) is 28.0 Å². The molecule has 0 spiro atoms. The summed E-state index contributed by atoms with van der Waals surface area (Å²) in [5, 5.41) is 11.8. The van der Waals surface area contributed by atoms with E-state index in [0.29, 0.717) is 23.8 Å². The fourth-order valence-electron chi connectivity index (χ4n) is 3.82. The van der Waals surface area contributed by atoms with Crippen LogP contribution in [0.3, 0.4) is 0 Å². The molecule has 2 aromatic carbocycles. The van der Waals surface area contributed by atoms with Crippen LogP contribution in [0.4, 0.5) is 10.3 Å². The molecule has 0 aliphatic carbocycles. The number of aromatic nitrogens is 5. The second-order valence-electron chi connectivity index (χ2n) is 7.76. The Hall–Kier alpha value is -4.17. The lowest BCUT2D eigenvalue weighted by molar-refractivity contribution is 0.628. The number of anilines is 1. The predicted octanol–water partition coefficient (Wildman–Crippen LogP) is 3.97. The molecule has 0 saturated heterocycles. The highest BCUT2D eigenvalue weighted by atomic mass is 19.1. The summed E-state index contributed by atoms with van der Waals surface area (Å²) in [5.74, 6) is 0.275. The standard InChI is InChI=1S/C25H22FN7/c26-20-8-6-18(7-9-20)22-23(19-10-12-28-13-11-19)31-25(33-16-30-32-24(22)33)29-15-21(27)14-17-4-2-1-3-5-17/h1-13,16,21H,14-15,27H2,(H,29,31). The molecule has 3 N–H and O–H groups in total. The van der Waals surface area contributed by atoms with E-state index in [4.69, 9.17) is 10.7 Å². The van der Waals surface area contributed by atoms with E-state index < -0.39 is 0 Å². The third kappa shape index (κ3) is 4.42. The predicted molar refractivity (Wildman–Crippen MR) is 126 cm³/mol. The van der Waals surface area contributed by atoms with E-state index in [1.807, 2.05) is 30.3 Å². The largest absolute Gasteiger partial charge is 0.354 e. The van der Waals surface area contributed by atoms with Gasteiger partial charge in [0.2, 0.25) is 5.95 Å². The lowest BCUT2D eigenvalue weighted by Gasteiger charge is -2.17. The highest BCUT2D eigenvalue weighted by Crippen LogP contribution is 2.34. The fourth-order valence-corrected chi connectivity index (χ4v) is 3.82. The summed E-state index contributed by atoms with van der Waals surface area (Å²) in [4.78, 5) is 9.03. The molecule has 0 aliphatic rings. The van der Waals surface area contributed by atoms with Crippen molar-refractivity contribution in [3.63, 3.8) is 0 Å². The van der Waals surface area contributed by atoms with Crippen LogP contribution in [-0.2, 0) is 6.42 Å². The Labute approximate surface area is 190 Å². The van der Waals surface area contributed by atoms with Gasteiger partial charge in [-0.15, -0.1) is 10.2 Å². The Balaban J connectivity index is 1.54. The van der Waals surface area contributed by atoms with Crippen LogP contribution in [0.15, 0.2) is 85.5 Å². The van der Waals surface area contributed by atoms with Gasteiger partial charge in [-0.3, -0.25) is 9.38 Å². The number of fused-ring (bicyclic) bond motifs is 1. The Kier molecular flexibility index (Phi) is 5.73. The molecule has 7 nitrogen and oxygen atoms in total. The zero-order valence-corrected chi connectivity index (χ0v) is 17.8. The first-order valence-electron chi connectivity index (χ1n) is 10.6. The first-order valence-corrected chi connectivity index (χ1v) is 10.6. The smallest absolute Gasteiger partial charge is 0.210 e. The Morgan fingerprint density at radius 2 is 1.70 bits per heavy atom. The number of hydrogen-bond donors (Lipinski definition) is 2. The van der Waals surface area contributed by atoms with Gasteiger partial charge in [0.25, 0.3) is 0 Å². The van der Waals surface area contributed by atoms with Crippen LogP contribution in [0.1, 0.15) is 5.56 Å². The van der Waals surface area contributed by atoms with Gasteiger partial charge in [-0.05, 0) is 41.8 Å². The fraction of sp³-hybridized carbons (Fsp3) is 0.120. The molecule has 8 heteroatoms. The lowest BCUT2D eigenvalue weighted by Crippen LogP contribution is -2.32. The molecule has 0 amide bonds. The second-order valence-corrected chi connectivity index (χ2v) is 7.76. The summed E-state index contributed by atoms with van der Waals surface area (Å²) >= 11 is 0. The number of rotatable bonds is 7. The van der Waals surface area contributed by atoms with Gasteiger partial charge in [0.1, 0.15) is 12.1 Å². The van der Waals surface area contributed by atoms with Crippen molar-refractivity contribution >= 4 is 11.6 Å². The maximum absolute atomic E-state index is 13.6. The van der Waals surface area contributed by atoms with Gasteiger partial charge in [0, 0.05) is 30.5 Å². The summed E-state index contributed by atoms with van der Waals surface area (Å²) in [5.41, 5.74) is 11.3. The van der Waals surface area contributed by atoms with E-state index in [-0.39, 0.29) is 11.9 Å². The minimum absolute atomic E-state index is 0.109. The molecule has 5 rings (SSSR count). The minimum Gasteiger partial charge on any atom is -0.354 e. The molecule has 1 atom stereocenters. The van der Waals surface area contributed by atoms with Crippen molar-refractivity contribution in [1.82, 2.24) is 24.6 Å². The molecule has 1 unspecified atom stereocenters. The molecule has 0 aliphatic heterocycles. The van der Waals surface area contributed by atoms with Crippen molar-refractivity contribution in [2.75, 3.05) is 11.9 Å². The van der Waals surface area contributed by atoms with E-state index in [9.17, 15) is 4.39 Å². The van der Waals surface area contributed by atoms with Crippen molar-refractivity contribution in [2.45, 2.75) is 12.5 Å². The van der Waals surface area contributed by atoms with Gasteiger partial charge >= 0.3 is 0 Å². The van der Waals surface area contributed by atoms with Crippen molar-refractivity contribution < 1.29 is 4.39 Å². The molecular weight excluding hydrogens is 417 g/mol. The molecule has 164 valence electrons. The van der Waals surface area contributed by atoms with Gasteiger partial charge < -0.3 is 11.1 Å². The summed E-state index contributed by atoms with van der Waals surface area (Å²) in [6, 6.07) is 20.1. The maximum Gasteiger partial charge on any atom is 0.210 e. The Bertz CT molecular complexity index is 1350. The SMILES string of the molecule is NC(CNc1nc(-c2ccncc2)c(-c2ccc(F)cc2)c2nncn12)Cc1ccccc1. The van der Waals surface area contributed by atoms with Gasteiger partial charge in [0.15, 0.2) is 5.65 Å². The lowest BCUT2D eigenvalue weighted by atomic mass is 10.0. The van der Waals surface area contributed by atoms with E-state index in [2.05, 4.69) is 32.6 Å². The van der Waals surface area contributed by atoms with Crippen LogP contribution in [0.2, 0.25) is 0 Å². The number of hydrogen-bond acceptors (Lipinski definition) is 6. The first-order chi connectivity index (χ1) is 16.2. The third-order valence-electron chi connectivity index (χ3n) is 5.40. The van der Waals surface area contributed by atoms with Crippen LogP contribution in [0, 0.1) is 5.82 Å². The number of nitrogens with two attached hydrogens (primary N) is 1. The van der Waals surface area contributed by atoms with Gasteiger partial charge in [-0.2, -0.15) is 0 Å². The number of benzene rings is 2. The average Bonchev–Trinajstić information content (AvgIpc) is 3.34. The molecule has 3 heterocycles. The van der Waals surface area contributed by atoms with Gasteiger partial charge in [-0.1, -0.05) is 42.5 Å². The van der Waals surface area contributed by atoms with Crippen molar-refractivity contribution in [3.8, 4) is 22.4 Å². The van der Waals surface area contributed by atoms with Crippen molar-refractivity contribution in [3.05, 3.63) is 96.8 Å². The molecule has 5 aromatic rings. The van der Waals surface area contributed by atoms with Crippen molar-refractivity contribution in [2.24, 2.45) is 5.73 Å². The quantitative estimate of drug-likeness (QED) is 0.399. The summed E-state index contributed by atoms with van der Waals surface area (Å²) in [6.45, 7) is 0.515. The van der Waals surface area contributed by atoms with E-state index >= 15 is 0 Å². The number of pyridine rings is 1.